The highest BCUT2D eigenvalue weighted by atomic mass is 16.5. The third-order valence-electron chi connectivity index (χ3n) is 2.32. The Kier molecular flexibility index (Phi) is 4.18. The quantitative estimate of drug-likeness (QED) is 0.649. The lowest BCUT2D eigenvalue weighted by atomic mass is 10.3. The van der Waals surface area contributed by atoms with Gasteiger partial charge in [-0.1, -0.05) is 12.8 Å². The summed E-state index contributed by atoms with van der Waals surface area (Å²) in [7, 11) is 1.33. The van der Waals surface area contributed by atoms with Crippen LogP contribution in [0.25, 0.3) is 0 Å². The fourth-order valence-corrected chi connectivity index (χ4v) is 1.51. The standard InChI is InChI=1S/C9H17NO3/c1-12-9(11)8(10)6-13-7-4-2-3-5-7/h7-8H,2-6,10H2,1H3. The predicted molar refractivity (Wildman–Crippen MR) is 48.2 cm³/mol. The highest BCUT2D eigenvalue weighted by Gasteiger charge is 2.19. The van der Waals surface area contributed by atoms with Crippen molar-refractivity contribution >= 4 is 5.97 Å². The maximum absolute atomic E-state index is 10.9. The van der Waals surface area contributed by atoms with E-state index < -0.39 is 12.0 Å². The van der Waals surface area contributed by atoms with Crippen LogP contribution in [-0.2, 0) is 14.3 Å². The summed E-state index contributed by atoms with van der Waals surface area (Å²) in [6, 6.07) is -0.634. The summed E-state index contributed by atoms with van der Waals surface area (Å²) in [4.78, 5) is 10.9. The molecule has 1 fully saturated rings. The molecule has 0 heterocycles. The van der Waals surface area contributed by atoms with Crippen molar-refractivity contribution < 1.29 is 14.3 Å². The molecular weight excluding hydrogens is 170 g/mol. The minimum absolute atomic E-state index is 0.275. The molecule has 0 aliphatic heterocycles. The summed E-state index contributed by atoms with van der Waals surface area (Å²) in [6.45, 7) is 0.275. The van der Waals surface area contributed by atoms with Gasteiger partial charge in [-0.25, -0.2) is 0 Å². The zero-order valence-electron chi connectivity index (χ0n) is 7.99. The highest BCUT2D eigenvalue weighted by molar-refractivity contribution is 5.75. The van der Waals surface area contributed by atoms with Crippen LogP contribution in [0.15, 0.2) is 0 Å². The van der Waals surface area contributed by atoms with Gasteiger partial charge in [-0.2, -0.15) is 0 Å². The number of nitrogens with two attached hydrogens (primary N) is 1. The van der Waals surface area contributed by atoms with Crippen LogP contribution in [0.3, 0.4) is 0 Å². The van der Waals surface area contributed by atoms with Crippen LogP contribution < -0.4 is 5.73 Å². The monoisotopic (exact) mass is 187 g/mol. The summed E-state index contributed by atoms with van der Waals surface area (Å²) in [5, 5.41) is 0. The van der Waals surface area contributed by atoms with Crippen LogP contribution in [-0.4, -0.2) is 31.8 Å². The van der Waals surface area contributed by atoms with Gasteiger partial charge < -0.3 is 15.2 Å². The molecule has 0 spiro atoms. The molecule has 76 valence electrons. The largest absolute Gasteiger partial charge is 0.468 e. The van der Waals surface area contributed by atoms with Gasteiger partial charge in [0.15, 0.2) is 0 Å². The first kappa shape index (κ1) is 10.5. The second-order valence-electron chi connectivity index (χ2n) is 3.37. The Hall–Kier alpha value is -0.610. The Bertz CT molecular complexity index is 166. The zero-order valence-corrected chi connectivity index (χ0v) is 7.99. The molecule has 0 saturated heterocycles. The number of hydrogen-bond donors (Lipinski definition) is 1. The molecule has 4 heteroatoms. The molecule has 0 radical (unpaired) electrons. The summed E-state index contributed by atoms with van der Waals surface area (Å²) >= 11 is 0. The molecule has 0 aromatic rings. The fourth-order valence-electron chi connectivity index (χ4n) is 1.51. The van der Waals surface area contributed by atoms with E-state index in [9.17, 15) is 4.79 Å². The molecular formula is C9H17NO3. The number of carbonyl (C=O) groups is 1. The third kappa shape index (κ3) is 3.32. The van der Waals surface area contributed by atoms with Crippen LogP contribution in [0.4, 0.5) is 0 Å². The van der Waals surface area contributed by atoms with Crippen LogP contribution >= 0.6 is 0 Å². The van der Waals surface area contributed by atoms with Gasteiger partial charge in [0, 0.05) is 0 Å². The van der Waals surface area contributed by atoms with E-state index in [4.69, 9.17) is 10.5 Å². The Morgan fingerprint density at radius 3 is 2.69 bits per heavy atom. The van der Waals surface area contributed by atoms with E-state index in [2.05, 4.69) is 4.74 Å². The summed E-state index contributed by atoms with van der Waals surface area (Å²) in [6.07, 6.45) is 4.92. The number of ether oxygens (including phenoxy) is 2. The second-order valence-corrected chi connectivity index (χ2v) is 3.37. The molecule has 1 saturated carbocycles. The Morgan fingerprint density at radius 2 is 2.15 bits per heavy atom. The first-order chi connectivity index (χ1) is 6.24. The fraction of sp³-hybridized carbons (Fsp3) is 0.889. The average molecular weight is 187 g/mol. The molecule has 1 atom stereocenters. The van der Waals surface area contributed by atoms with E-state index in [-0.39, 0.29) is 6.61 Å². The van der Waals surface area contributed by atoms with E-state index in [0.29, 0.717) is 6.10 Å². The predicted octanol–water partition coefficient (Wildman–Crippen LogP) is 0.446. The van der Waals surface area contributed by atoms with E-state index >= 15 is 0 Å². The molecule has 0 bridgehead atoms. The smallest absolute Gasteiger partial charge is 0.325 e. The van der Waals surface area contributed by atoms with Crippen molar-refractivity contribution in [2.75, 3.05) is 13.7 Å². The molecule has 1 aliphatic rings. The lowest BCUT2D eigenvalue weighted by Gasteiger charge is -2.14. The van der Waals surface area contributed by atoms with E-state index in [1.54, 1.807) is 0 Å². The maximum atomic E-state index is 10.9. The van der Waals surface area contributed by atoms with Crippen LogP contribution in [0.1, 0.15) is 25.7 Å². The van der Waals surface area contributed by atoms with Gasteiger partial charge in [0.1, 0.15) is 6.04 Å². The summed E-state index contributed by atoms with van der Waals surface area (Å²) in [5.41, 5.74) is 5.51. The average Bonchev–Trinajstić information content (AvgIpc) is 2.65. The SMILES string of the molecule is COC(=O)C(N)COC1CCCC1. The summed E-state index contributed by atoms with van der Waals surface area (Å²) < 4.78 is 9.95. The zero-order chi connectivity index (χ0) is 9.68. The summed E-state index contributed by atoms with van der Waals surface area (Å²) in [5.74, 6) is -0.405. The molecule has 1 rings (SSSR count). The van der Waals surface area contributed by atoms with Gasteiger partial charge in [0.05, 0.1) is 19.8 Å². The van der Waals surface area contributed by atoms with Gasteiger partial charge in [-0.3, -0.25) is 4.79 Å². The van der Waals surface area contributed by atoms with Gasteiger partial charge in [0.25, 0.3) is 0 Å². The van der Waals surface area contributed by atoms with Crippen molar-refractivity contribution in [1.82, 2.24) is 0 Å². The third-order valence-corrected chi connectivity index (χ3v) is 2.32. The number of rotatable bonds is 4. The molecule has 13 heavy (non-hydrogen) atoms. The number of esters is 1. The van der Waals surface area contributed by atoms with Crippen molar-refractivity contribution in [3.63, 3.8) is 0 Å². The number of carbonyl (C=O) groups excluding carboxylic acids is 1. The lowest BCUT2D eigenvalue weighted by molar-refractivity contribution is -0.144. The van der Waals surface area contributed by atoms with Gasteiger partial charge in [-0.15, -0.1) is 0 Å². The molecule has 1 aliphatic carbocycles. The molecule has 2 N–H and O–H groups in total. The first-order valence-corrected chi connectivity index (χ1v) is 4.69. The Balaban J connectivity index is 2.13. The van der Waals surface area contributed by atoms with Crippen LogP contribution in [0.2, 0.25) is 0 Å². The van der Waals surface area contributed by atoms with E-state index in [1.807, 2.05) is 0 Å². The number of hydrogen-bond acceptors (Lipinski definition) is 4. The van der Waals surface area contributed by atoms with Crippen molar-refractivity contribution in [3.8, 4) is 0 Å². The topological polar surface area (TPSA) is 61.5 Å². The lowest BCUT2D eigenvalue weighted by Crippen LogP contribution is -2.37. The second kappa shape index (κ2) is 5.19. The van der Waals surface area contributed by atoms with E-state index in [1.165, 1.54) is 20.0 Å². The Morgan fingerprint density at radius 1 is 1.54 bits per heavy atom. The Labute approximate surface area is 78.4 Å². The molecule has 1 unspecified atom stereocenters. The molecule has 0 amide bonds. The van der Waals surface area contributed by atoms with E-state index in [0.717, 1.165) is 12.8 Å². The minimum Gasteiger partial charge on any atom is -0.468 e. The van der Waals surface area contributed by atoms with Crippen molar-refractivity contribution in [3.05, 3.63) is 0 Å². The van der Waals surface area contributed by atoms with Crippen LogP contribution in [0.5, 0.6) is 0 Å². The number of methoxy groups -OCH3 is 1. The van der Waals surface area contributed by atoms with Gasteiger partial charge in [0.2, 0.25) is 0 Å². The van der Waals surface area contributed by atoms with Crippen molar-refractivity contribution in [2.45, 2.75) is 37.8 Å². The van der Waals surface area contributed by atoms with Crippen molar-refractivity contribution in [2.24, 2.45) is 5.73 Å². The van der Waals surface area contributed by atoms with Crippen LogP contribution in [0, 0.1) is 0 Å². The molecule has 0 aromatic heterocycles. The van der Waals surface area contributed by atoms with Crippen molar-refractivity contribution in [1.29, 1.82) is 0 Å². The van der Waals surface area contributed by atoms with Gasteiger partial charge in [-0.05, 0) is 12.8 Å². The normalized spacial score (nSPS) is 20.2. The molecule has 4 nitrogen and oxygen atoms in total. The minimum atomic E-state index is -0.634. The molecule has 0 aromatic carbocycles. The highest BCUT2D eigenvalue weighted by Crippen LogP contribution is 2.20. The first-order valence-electron chi connectivity index (χ1n) is 4.69. The maximum Gasteiger partial charge on any atom is 0.325 e. The van der Waals surface area contributed by atoms with Gasteiger partial charge >= 0.3 is 5.97 Å².